The predicted molar refractivity (Wildman–Crippen MR) is 150 cm³/mol. The monoisotopic (exact) mass is 533 g/mol. The number of guanidine groups is 1. The third-order valence-corrected chi connectivity index (χ3v) is 7.80. The number of hydrogen-bond acceptors (Lipinski definition) is 7. The molecule has 8 nitrogen and oxygen atoms in total. The van der Waals surface area contributed by atoms with E-state index >= 15 is 4.39 Å². The summed E-state index contributed by atoms with van der Waals surface area (Å²) in [5, 5.41) is 0. The zero-order valence-electron chi connectivity index (χ0n) is 23.1. The molecule has 0 amide bonds. The van der Waals surface area contributed by atoms with Crippen LogP contribution in [0, 0.1) is 11.7 Å². The number of carbonyl (C=O) groups excluding carboxylic acids is 1. The molecule has 1 aromatic carbocycles. The highest BCUT2D eigenvalue weighted by Crippen LogP contribution is 2.31. The van der Waals surface area contributed by atoms with Crippen molar-refractivity contribution in [2.75, 3.05) is 33.4 Å². The van der Waals surface area contributed by atoms with Gasteiger partial charge in [0.1, 0.15) is 17.4 Å². The van der Waals surface area contributed by atoms with Gasteiger partial charge in [-0.25, -0.2) is 14.4 Å². The van der Waals surface area contributed by atoms with Gasteiger partial charge in [-0.1, -0.05) is 6.07 Å². The molecule has 3 heterocycles. The molecule has 1 aromatic heterocycles. The van der Waals surface area contributed by atoms with Crippen LogP contribution in [0.3, 0.4) is 0 Å². The first-order valence-electron chi connectivity index (χ1n) is 13.7. The largest absolute Gasteiger partial charge is 0.497 e. The molecular formula is C30H36FN5O3. The van der Waals surface area contributed by atoms with Crippen LogP contribution < -0.4 is 0 Å². The number of benzene rings is 1. The second-order valence-electron chi connectivity index (χ2n) is 10.3. The smallest absolute Gasteiger partial charge is 0.310 e. The molecule has 5 rings (SSSR count). The van der Waals surface area contributed by atoms with E-state index in [9.17, 15) is 4.79 Å². The molecular weight excluding hydrogens is 497 g/mol. The number of hydrogen-bond donors (Lipinski definition) is 0. The van der Waals surface area contributed by atoms with Gasteiger partial charge < -0.3 is 18.9 Å². The summed E-state index contributed by atoms with van der Waals surface area (Å²) in [6, 6.07) is 5.31. The maximum Gasteiger partial charge on any atom is 0.310 e. The molecule has 9 heteroatoms. The van der Waals surface area contributed by atoms with E-state index in [2.05, 4.69) is 21.8 Å². The van der Waals surface area contributed by atoms with Gasteiger partial charge in [-0.05, 0) is 75.0 Å². The van der Waals surface area contributed by atoms with Gasteiger partial charge in [-0.3, -0.25) is 9.79 Å². The third kappa shape index (κ3) is 5.53. The first-order chi connectivity index (χ1) is 18.9. The Hall–Kier alpha value is -3.75. The summed E-state index contributed by atoms with van der Waals surface area (Å²) < 4.78 is 28.2. The number of halogens is 1. The molecule has 3 aliphatic rings. The molecule has 0 radical (unpaired) electrons. The number of imidazole rings is 1. The molecule has 0 bridgehead atoms. The van der Waals surface area contributed by atoms with Crippen LogP contribution in [0.25, 0.3) is 17.5 Å². The highest BCUT2D eigenvalue weighted by Gasteiger charge is 2.29. The fourth-order valence-electron chi connectivity index (χ4n) is 5.54. The lowest BCUT2D eigenvalue weighted by Crippen LogP contribution is -2.43. The Bertz CT molecular complexity index is 1370. The number of esters is 1. The molecule has 39 heavy (non-hydrogen) atoms. The van der Waals surface area contributed by atoms with Crippen LogP contribution in [-0.4, -0.2) is 65.9 Å². The minimum Gasteiger partial charge on any atom is -0.497 e. The average Bonchev–Trinajstić information content (AvgIpc) is 3.25. The van der Waals surface area contributed by atoms with Crippen molar-refractivity contribution in [2.45, 2.75) is 45.4 Å². The molecule has 1 saturated heterocycles. The fraction of sp³-hybridized carbons (Fsp3) is 0.467. The van der Waals surface area contributed by atoms with Gasteiger partial charge in [0.15, 0.2) is 0 Å². The summed E-state index contributed by atoms with van der Waals surface area (Å²) in [6.07, 6.45) is 9.08. The van der Waals surface area contributed by atoms with Crippen LogP contribution in [0.4, 0.5) is 4.39 Å². The normalized spacial score (nSPS) is 21.3. The molecule has 0 N–H and O–H groups in total. The van der Waals surface area contributed by atoms with E-state index in [4.69, 9.17) is 14.5 Å². The van der Waals surface area contributed by atoms with E-state index in [0.29, 0.717) is 37.0 Å². The Morgan fingerprint density at radius 1 is 1.23 bits per heavy atom. The van der Waals surface area contributed by atoms with Gasteiger partial charge >= 0.3 is 5.97 Å². The zero-order chi connectivity index (χ0) is 27.5. The van der Waals surface area contributed by atoms with Crippen molar-refractivity contribution >= 4 is 24.2 Å². The molecule has 2 aromatic rings. The van der Waals surface area contributed by atoms with Crippen molar-refractivity contribution in [3.63, 3.8) is 0 Å². The third-order valence-electron chi connectivity index (χ3n) is 7.80. The van der Waals surface area contributed by atoms with E-state index in [-0.39, 0.29) is 23.6 Å². The molecule has 2 aliphatic heterocycles. The Morgan fingerprint density at radius 2 is 2.08 bits per heavy atom. The second kappa shape index (κ2) is 11.6. The number of piperidine rings is 1. The highest BCUT2D eigenvalue weighted by molar-refractivity contribution is 5.92. The van der Waals surface area contributed by atoms with Crippen LogP contribution >= 0.6 is 0 Å². The van der Waals surface area contributed by atoms with Crippen LogP contribution in [0.1, 0.15) is 56.0 Å². The summed E-state index contributed by atoms with van der Waals surface area (Å²) in [7, 11) is 3.61. The van der Waals surface area contributed by atoms with E-state index in [1.54, 1.807) is 19.2 Å². The maximum absolute atomic E-state index is 15.5. The summed E-state index contributed by atoms with van der Waals surface area (Å²) in [6.45, 7) is 6.13. The van der Waals surface area contributed by atoms with Gasteiger partial charge in [-0.15, -0.1) is 0 Å². The summed E-state index contributed by atoms with van der Waals surface area (Å²) in [4.78, 5) is 28.3. The van der Waals surface area contributed by atoms with Gasteiger partial charge in [-0.2, -0.15) is 0 Å². The minimum absolute atomic E-state index is 0.117. The number of likely N-dealkylation sites (tertiary alicyclic amines) is 1. The number of allylic oxidation sites excluding steroid dienone is 2. The minimum atomic E-state index is -0.319. The lowest BCUT2D eigenvalue weighted by Gasteiger charge is -2.33. The Balaban J connectivity index is 1.30. The maximum atomic E-state index is 15.5. The Kier molecular flexibility index (Phi) is 7.95. The standard InChI is InChI=1S/C30H36FN5O3/c1-5-39-29(37)21-7-6-14-36(18-21)30-32-16-22(17-33-30)20-9-10-23(24(31)15-20)28-34-25-11-13-27(38-4)19(2)8-12-26(25)35(28)3/h9-11,13,15-16,21-22H,5-8,12,14,17-18H2,1-4H3. The molecule has 1 aliphatic carbocycles. The van der Waals surface area contributed by atoms with Crippen LogP contribution in [0.15, 0.2) is 45.6 Å². The van der Waals surface area contributed by atoms with Gasteiger partial charge in [0.25, 0.3) is 0 Å². The molecule has 1 fully saturated rings. The van der Waals surface area contributed by atoms with Crippen molar-refractivity contribution in [1.82, 2.24) is 14.5 Å². The van der Waals surface area contributed by atoms with Crippen LogP contribution in [0.5, 0.6) is 0 Å². The summed E-state index contributed by atoms with van der Waals surface area (Å²) in [5.41, 5.74) is 4.37. The Labute approximate surface area is 228 Å². The molecule has 2 atom stereocenters. The quantitative estimate of drug-likeness (QED) is 0.511. The number of nitrogens with zero attached hydrogens (tertiary/aromatic N) is 5. The molecule has 206 valence electrons. The molecule has 0 saturated carbocycles. The van der Waals surface area contributed by atoms with E-state index in [1.807, 2.05) is 43.0 Å². The zero-order valence-corrected chi connectivity index (χ0v) is 23.1. The number of carbonyl (C=O) groups is 1. The first kappa shape index (κ1) is 26.8. The SMILES string of the molecule is CCOC(=O)C1CCCN(C2=NCC(c3ccc(-c4nc5c(n4C)CCC(C)=C(OC)C=C5)c(F)c3)C=N2)C1. The van der Waals surface area contributed by atoms with Gasteiger partial charge in [0.2, 0.25) is 5.96 Å². The van der Waals surface area contributed by atoms with Crippen LogP contribution in [-0.2, 0) is 27.7 Å². The number of aromatic nitrogens is 2. The average molecular weight is 534 g/mol. The van der Waals surface area contributed by atoms with E-state index < -0.39 is 0 Å². The summed E-state index contributed by atoms with van der Waals surface area (Å²) in [5.74, 6) is 1.35. The van der Waals surface area contributed by atoms with Crippen molar-refractivity contribution in [3.8, 4) is 11.4 Å². The topological polar surface area (TPSA) is 81.3 Å². The van der Waals surface area contributed by atoms with Crippen LogP contribution in [0.2, 0.25) is 0 Å². The van der Waals surface area contributed by atoms with Crippen molar-refractivity contribution in [3.05, 3.63) is 58.4 Å². The first-order valence-corrected chi connectivity index (χ1v) is 13.7. The number of rotatable bonds is 5. The highest BCUT2D eigenvalue weighted by atomic mass is 19.1. The van der Waals surface area contributed by atoms with Gasteiger partial charge in [0.05, 0.1) is 37.4 Å². The number of methoxy groups -OCH3 is 1. The van der Waals surface area contributed by atoms with Crippen molar-refractivity contribution in [1.29, 1.82) is 0 Å². The number of ether oxygens (including phenoxy) is 2. The second-order valence-corrected chi connectivity index (χ2v) is 10.3. The molecule has 0 spiro atoms. The van der Waals surface area contributed by atoms with Gasteiger partial charge in [0, 0.05) is 38.0 Å². The number of aliphatic imine (C=N–C) groups is 2. The van der Waals surface area contributed by atoms with E-state index in [1.165, 1.54) is 5.57 Å². The Morgan fingerprint density at radius 3 is 2.79 bits per heavy atom. The fourth-order valence-corrected chi connectivity index (χ4v) is 5.54. The summed E-state index contributed by atoms with van der Waals surface area (Å²) >= 11 is 0. The van der Waals surface area contributed by atoms with E-state index in [0.717, 1.165) is 54.9 Å². The predicted octanol–water partition coefficient (Wildman–Crippen LogP) is 4.91. The number of fused-ring (bicyclic) bond motifs is 1. The van der Waals surface area contributed by atoms with Crippen molar-refractivity contribution in [2.24, 2.45) is 23.0 Å². The lowest BCUT2D eigenvalue weighted by atomic mass is 9.97. The van der Waals surface area contributed by atoms with Crippen molar-refractivity contribution < 1.29 is 18.7 Å². The molecule has 2 unspecified atom stereocenters. The lowest BCUT2D eigenvalue weighted by molar-refractivity contribution is -0.149.